The maximum atomic E-state index is 13.9. The van der Waals surface area contributed by atoms with Crippen molar-refractivity contribution in [2.24, 2.45) is 0 Å². The van der Waals surface area contributed by atoms with Crippen LogP contribution >= 0.6 is 11.6 Å². The molecule has 0 saturated heterocycles. The lowest BCUT2D eigenvalue weighted by atomic mass is 9.84. The van der Waals surface area contributed by atoms with Crippen molar-refractivity contribution in [3.05, 3.63) is 34.6 Å². The van der Waals surface area contributed by atoms with E-state index >= 15 is 0 Å². The fourth-order valence-electron chi connectivity index (χ4n) is 3.28. The molecule has 0 amide bonds. The molecule has 0 bridgehead atoms. The number of ether oxygens (including phenoxy) is 1. The van der Waals surface area contributed by atoms with Gasteiger partial charge in [-0.05, 0) is 43.5 Å². The molecule has 1 aliphatic rings. The number of hydrogen-bond donors (Lipinski definition) is 1. The van der Waals surface area contributed by atoms with Gasteiger partial charge < -0.3 is 9.84 Å². The molecule has 118 valence electrons. The summed E-state index contributed by atoms with van der Waals surface area (Å²) in [7, 11) is 0. The van der Waals surface area contributed by atoms with Crippen LogP contribution in [0.15, 0.2) is 18.2 Å². The molecule has 2 rings (SSSR count). The van der Waals surface area contributed by atoms with Crippen molar-refractivity contribution in [2.75, 3.05) is 6.61 Å². The Kier molecular flexibility index (Phi) is 6.03. The van der Waals surface area contributed by atoms with Crippen molar-refractivity contribution in [3.8, 4) is 0 Å². The second kappa shape index (κ2) is 7.57. The van der Waals surface area contributed by atoms with Gasteiger partial charge in [0.05, 0.1) is 11.7 Å². The number of hydrogen-bond acceptors (Lipinski definition) is 2. The summed E-state index contributed by atoms with van der Waals surface area (Å²) in [5.74, 6) is -0.321. The van der Waals surface area contributed by atoms with Crippen LogP contribution < -0.4 is 0 Å². The van der Waals surface area contributed by atoms with Crippen LogP contribution in [0.1, 0.15) is 51.0 Å². The van der Waals surface area contributed by atoms with Crippen LogP contribution in [0.5, 0.6) is 0 Å². The first-order valence-corrected chi connectivity index (χ1v) is 8.21. The summed E-state index contributed by atoms with van der Waals surface area (Å²) in [6.45, 7) is 2.51. The first-order chi connectivity index (χ1) is 10.1. The molecule has 1 fully saturated rings. The topological polar surface area (TPSA) is 29.5 Å². The fourth-order valence-corrected chi connectivity index (χ4v) is 3.48. The molecule has 1 unspecified atom stereocenters. The Balaban J connectivity index is 2.17. The van der Waals surface area contributed by atoms with E-state index in [2.05, 4.69) is 0 Å². The first-order valence-electron chi connectivity index (χ1n) is 7.83. The summed E-state index contributed by atoms with van der Waals surface area (Å²) in [6.07, 6.45) is 5.66. The summed E-state index contributed by atoms with van der Waals surface area (Å²) in [5.41, 5.74) is -0.0849. The number of rotatable bonds is 5. The highest BCUT2D eigenvalue weighted by atomic mass is 35.5. The molecular weight excluding hydrogens is 291 g/mol. The Morgan fingerprint density at radius 3 is 2.57 bits per heavy atom. The fraction of sp³-hybridized carbons (Fsp3) is 0.647. The van der Waals surface area contributed by atoms with E-state index in [1.54, 1.807) is 6.07 Å². The van der Waals surface area contributed by atoms with E-state index in [1.165, 1.54) is 25.0 Å². The zero-order valence-electron chi connectivity index (χ0n) is 12.6. The van der Waals surface area contributed by atoms with Gasteiger partial charge in [-0.1, -0.05) is 37.3 Å². The highest BCUT2D eigenvalue weighted by molar-refractivity contribution is 6.30. The summed E-state index contributed by atoms with van der Waals surface area (Å²) in [6, 6.07) is 4.47. The third-order valence-corrected chi connectivity index (χ3v) is 4.65. The summed E-state index contributed by atoms with van der Waals surface area (Å²) < 4.78 is 19.8. The normalized spacial score (nSPS) is 20.0. The maximum absolute atomic E-state index is 13.9. The summed E-state index contributed by atoms with van der Waals surface area (Å²) in [5, 5.41) is 11.2. The van der Waals surface area contributed by atoms with Crippen molar-refractivity contribution < 1.29 is 14.2 Å². The van der Waals surface area contributed by atoms with Gasteiger partial charge in [-0.2, -0.15) is 0 Å². The van der Waals surface area contributed by atoms with Crippen LogP contribution in [0.3, 0.4) is 0 Å². The predicted molar refractivity (Wildman–Crippen MR) is 83.2 cm³/mol. The highest BCUT2D eigenvalue weighted by Crippen LogP contribution is 2.35. The van der Waals surface area contributed by atoms with Gasteiger partial charge in [-0.3, -0.25) is 0 Å². The molecule has 2 nitrogen and oxygen atoms in total. The lowest BCUT2D eigenvalue weighted by Gasteiger charge is -2.37. The van der Waals surface area contributed by atoms with Gasteiger partial charge >= 0.3 is 0 Å². The summed E-state index contributed by atoms with van der Waals surface area (Å²) in [4.78, 5) is 0. The minimum atomic E-state index is -0.705. The van der Waals surface area contributed by atoms with Crippen molar-refractivity contribution in [3.63, 3.8) is 0 Å². The number of aliphatic hydroxyl groups is 1. The smallest absolute Gasteiger partial charge is 0.126 e. The molecule has 1 N–H and O–H groups in total. The molecule has 0 spiro atoms. The molecule has 1 aliphatic carbocycles. The van der Waals surface area contributed by atoms with Crippen LogP contribution in [0.2, 0.25) is 5.02 Å². The molecule has 0 heterocycles. The highest BCUT2D eigenvalue weighted by Gasteiger charge is 2.39. The minimum Gasteiger partial charge on any atom is -0.390 e. The molecule has 1 saturated carbocycles. The van der Waals surface area contributed by atoms with Crippen LogP contribution in [0.25, 0.3) is 0 Å². The molecule has 1 aromatic rings. The van der Waals surface area contributed by atoms with Crippen LogP contribution in [-0.4, -0.2) is 23.4 Å². The van der Waals surface area contributed by atoms with Crippen molar-refractivity contribution >= 4 is 11.6 Å². The quantitative estimate of drug-likeness (QED) is 0.810. The second-order valence-electron chi connectivity index (χ2n) is 5.87. The van der Waals surface area contributed by atoms with Crippen molar-refractivity contribution in [1.29, 1.82) is 0 Å². The van der Waals surface area contributed by atoms with Gasteiger partial charge in [0.2, 0.25) is 0 Å². The van der Waals surface area contributed by atoms with Crippen molar-refractivity contribution in [1.82, 2.24) is 0 Å². The molecule has 0 aliphatic heterocycles. The van der Waals surface area contributed by atoms with E-state index in [4.69, 9.17) is 16.3 Å². The Morgan fingerprint density at radius 2 is 1.95 bits per heavy atom. The standard InChI is InChI=1S/C17H24ClFO2/c1-2-21-17(9-5-3-4-6-10-17)16(20)12-13-11-14(18)7-8-15(13)19/h7-8,11,16,20H,2-6,9-10,12H2,1H3. The van der Waals surface area contributed by atoms with Gasteiger partial charge in [0.15, 0.2) is 0 Å². The average Bonchev–Trinajstić information content (AvgIpc) is 2.70. The third kappa shape index (κ3) is 4.18. The number of aliphatic hydroxyl groups excluding tert-OH is 1. The molecular formula is C17H24ClFO2. The Hall–Kier alpha value is -0.640. The molecule has 1 aromatic carbocycles. The van der Waals surface area contributed by atoms with Gasteiger partial charge in [-0.25, -0.2) is 4.39 Å². The maximum Gasteiger partial charge on any atom is 0.126 e. The predicted octanol–water partition coefficient (Wildman–Crippen LogP) is 4.51. The molecule has 0 radical (unpaired) electrons. The van der Waals surface area contributed by atoms with E-state index in [-0.39, 0.29) is 12.2 Å². The third-order valence-electron chi connectivity index (χ3n) is 4.41. The van der Waals surface area contributed by atoms with E-state index in [0.717, 1.165) is 25.7 Å². The SMILES string of the molecule is CCOC1(C(O)Cc2cc(Cl)ccc2F)CCCCCC1. The lowest BCUT2D eigenvalue weighted by molar-refractivity contribution is -0.128. The zero-order chi connectivity index (χ0) is 15.3. The minimum absolute atomic E-state index is 0.242. The van der Waals surface area contributed by atoms with Gasteiger partial charge in [0, 0.05) is 18.1 Å². The van der Waals surface area contributed by atoms with Crippen LogP contribution in [-0.2, 0) is 11.2 Å². The monoisotopic (exact) mass is 314 g/mol. The van der Waals surface area contributed by atoms with Crippen LogP contribution in [0.4, 0.5) is 4.39 Å². The molecule has 21 heavy (non-hydrogen) atoms. The molecule has 1 atom stereocenters. The Bertz CT molecular complexity index is 456. The van der Waals surface area contributed by atoms with E-state index < -0.39 is 11.7 Å². The van der Waals surface area contributed by atoms with Gasteiger partial charge in [0.1, 0.15) is 5.82 Å². The summed E-state index contributed by atoms with van der Waals surface area (Å²) >= 11 is 5.93. The van der Waals surface area contributed by atoms with Gasteiger partial charge in [-0.15, -0.1) is 0 Å². The van der Waals surface area contributed by atoms with E-state index in [0.29, 0.717) is 17.2 Å². The van der Waals surface area contributed by atoms with Crippen molar-refractivity contribution in [2.45, 2.75) is 63.6 Å². The second-order valence-corrected chi connectivity index (χ2v) is 6.30. The van der Waals surface area contributed by atoms with E-state index in [1.807, 2.05) is 6.92 Å². The Labute approximate surface area is 131 Å². The zero-order valence-corrected chi connectivity index (χ0v) is 13.3. The van der Waals surface area contributed by atoms with Gasteiger partial charge in [0.25, 0.3) is 0 Å². The van der Waals surface area contributed by atoms with Crippen LogP contribution in [0, 0.1) is 5.82 Å². The molecule has 0 aromatic heterocycles. The van der Waals surface area contributed by atoms with E-state index in [9.17, 15) is 9.50 Å². The Morgan fingerprint density at radius 1 is 1.29 bits per heavy atom. The number of halogens is 2. The first kappa shape index (κ1) is 16.7. The molecule has 4 heteroatoms. The lowest BCUT2D eigenvalue weighted by Crippen LogP contribution is -2.46. The number of benzene rings is 1. The largest absolute Gasteiger partial charge is 0.390 e. The average molecular weight is 315 g/mol.